The maximum absolute atomic E-state index is 13.5. The van der Waals surface area contributed by atoms with Gasteiger partial charge in [-0.3, -0.25) is 19.7 Å². The summed E-state index contributed by atoms with van der Waals surface area (Å²) in [7, 11) is 0. The average Bonchev–Trinajstić information content (AvgIpc) is 3.40. The number of alkyl carbamates (subject to hydrolysis) is 1. The fourth-order valence-corrected chi connectivity index (χ4v) is 3.81. The number of amides is 2. The number of hydrogen-bond donors (Lipinski definition) is 4. The first-order chi connectivity index (χ1) is 16.8. The van der Waals surface area contributed by atoms with Crippen molar-refractivity contribution in [1.29, 1.82) is 0 Å². The Balaban J connectivity index is 1.65. The predicted octanol–water partition coefficient (Wildman–Crippen LogP) is 4.10. The van der Waals surface area contributed by atoms with E-state index in [1.54, 1.807) is 31.2 Å². The average molecular weight is 522 g/mol. The highest BCUT2D eigenvalue weighted by Gasteiger charge is 2.75. The van der Waals surface area contributed by atoms with Gasteiger partial charge in [-0.05, 0) is 44.2 Å². The maximum atomic E-state index is 13.5. The zero-order chi connectivity index (χ0) is 26.8. The van der Waals surface area contributed by atoms with Crippen molar-refractivity contribution in [2.75, 3.05) is 5.32 Å². The zero-order valence-electron chi connectivity index (χ0n) is 19.1. The van der Waals surface area contributed by atoms with E-state index < -0.39 is 47.6 Å². The second-order valence-corrected chi connectivity index (χ2v) is 8.52. The molecule has 5 N–H and O–H groups in total. The van der Waals surface area contributed by atoms with Crippen molar-refractivity contribution in [1.82, 2.24) is 5.32 Å². The number of nitrogens with two attached hydrogens (primary N) is 1. The minimum atomic E-state index is -3.63. The normalized spacial score (nSPS) is 19.4. The van der Waals surface area contributed by atoms with Gasteiger partial charge in [0.05, 0.1) is 0 Å². The smallest absolute Gasteiger partial charge is 0.412 e. The Bertz CT molecular complexity index is 1240. The van der Waals surface area contributed by atoms with Gasteiger partial charge in [-0.25, -0.2) is 13.6 Å². The van der Waals surface area contributed by atoms with Gasteiger partial charge in [-0.2, -0.15) is 0 Å². The fraction of sp³-hybridized carbons (Fsp3) is 0.250. The van der Waals surface area contributed by atoms with Crippen molar-refractivity contribution in [3.8, 4) is 0 Å². The number of carboxylic acid groups (broad SMARTS) is 1. The molecule has 0 radical (unpaired) electrons. The second kappa shape index (κ2) is 10.3. The molecule has 1 aliphatic carbocycles. The van der Waals surface area contributed by atoms with Crippen LogP contribution in [0.2, 0.25) is 5.02 Å². The third-order valence-corrected chi connectivity index (χ3v) is 5.84. The van der Waals surface area contributed by atoms with Crippen molar-refractivity contribution in [2.24, 2.45) is 17.6 Å². The molecule has 0 bridgehead atoms. The SMILES string of the molecule is C/C(N)=C(\NC(=O)OC(C)c1ccccc1Cl)C(=O)c1ccc(NC(=O)C2C(C(=O)O)C2(F)F)cc1. The van der Waals surface area contributed by atoms with Crippen LogP contribution >= 0.6 is 11.6 Å². The van der Waals surface area contributed by atoms with E-state index in [1.165, 1.54) is 31.2 Å². The number of aliphatic carboxylic acids is 1. The number of halogens is 3. The molecule has 2 aromatic rings. The summed E-state index contributed by atoms with van der Waals surface area (Å²) >= 11 is 6.10. The Kier molecular flexibility index (Phi) is 7.63. The minimum Gasteiger partial charge on any atom is -0.481 e. The number of rotatable bonds is 8. The van der Waals surface area contributed by atoms with E-state index in [4.69, 9.17) is 27.2 Å². The molecule has 3 atom stereocenters. The van der Waals surface area contributed by atoms with E-state index in [0.29, 0.717) is 10.6 Å². The number of ketones is 1. The van der Waals surface area contributed by atoms with Gasteiger partial charge in [0.1, 0.15) is 23.6 Å². The van der Waals surface area contributed by atoms with E-state index in [9.17, 15) is 28.0 Å². The largest absolute Gasteiger partial charge is 0.481 e. The van der Waals surface area contributed by atoms with Crippen LogP contribution in [0.4, 0.5) is 19.3 Å². The number of carboxylic acids is 1. The molecule has 3 rings (SSSR count). The summed E-state index contributed by atoms with van der Waals surface area (Å²) in [6.45, 7) is 3.00. The summed E-state index contributed by atoms with van der Waals surface area (Å²) in [5.41, 5.74) is 6.22. The number of benzene rings is 2. The quantitative estimate of drug-likeness (QED) is 0.302. The van der Waals surface area contributed by atoms with Gasteiger partial charge in [0.2, 0.25) is 11.7 Å². The van der Waals surface area contributed by atoms with Crippen LogP contribution in [0.15, 0.2) is 59.9 Å². The molecule has 12 heteroatoms. The lowest BCUT2D eigenvalue weighted by Gasteiger charge is -2.17. The van der Waals surface area contributed by atoms with Crippen LogP contribution in [0.1, 0.15) is 35.9 Å². The Labute approximate surface area is 209 Å². The number of hydrogen-bond acceptors (Lipinski definition) is 6. The summed E-state index contributed by atoms with van der Waals surface area (Å²) < 4.78 is 32.4. The number of anilines is 1. The molecule has 0 aromatic heterocycles. The standard InChI is InChI=1S/C24H22ClF2N3O6/c1-11(28)19(30-23(35)36-12(2)15-5-3-4-6-16(15)25)20(31)13-7-9-14(10-8-13)29-21(32)17-18(22(33)34)24(17,26)27/h3-10,12,17-18H,28H2,1-2H3,(H,29,32)(H,30,35)(H,33,34)/b19-11+. The van der Waals surface area contributed by atoms with Crippen LogP contribution in [0, 0.1) is 11.8 Å². The Morgan fingerprint density at radius 2 is 1.69 bits per heavy atom. The van der Waals surface area contributed by atoms with E-state index >= 15 is 0 Å². The van der Waals surface area contributed by atoms with E-state index in [0.717, 1.165) is 0 Å². The van der Waals surface area contributed by atoms with E-state index in [2.05, 4.69) is 10.6 Å². The van der Waals surface area contributed by atoms with Crippen molar-refractivity contribution < 1.29 is 37.8 Å². The van der Waals surface area contributed by atoms with Gasteiger partial charge in [-0.15, -0.1) is 0 Å². The molecule has 0 aliphatic heterocycles. The van der Waals surface area contributed by atoms with E-state index in [-0.39, 0.29) is 22.6 Å². The van der Waals surface area contributed by atoms with Gasteiger partial charge < -0.3 is 20.9 Å². The van der Waals surface area contributed by atoms with Crippen molar-refractivity contribution in [3.05, 3.63) is 76.1 Å². The molecule has 1 aliphatic rings. The van der Waals surface area contributed by atoms with Crippen LogP contribution in [0.25, 0.3) is 0 Å². The molecule has 2 amide bonds. The highest BCUT2D eigenvalue weighted by molar-refractivity contribution is 6.31. The molecule has 190 valence electrons. The highest BCUT2D eigenvalue weighted by atomic mass is 35.5. The predicted molar refractivity (Wildman–Crippen MR) is 125 cm³/mol. The van der Waals surface area contributed by atoms with Crippen LogP contribution in [0.3, 0.4) is 0 Å². The lowest BCUT2D eigenvalue weighted by molar-refractivity contribution is -0.141. The molecular weight excluding hydrogens is 500 g/mol. The second-order valence-electron chi connectivity index (χ2n) is 8.12. The molecule has 0 heterocycles. The molecule has 2 aromatic carbocycles. The highest BCUT2D eigenvalue weighted by Crippen LogP contribution is 2.55. The van der Waals surface area contributed by atoms with Crippen molar-refractivity contribution in [2.45, 2.75) is 25.9 Å². The first-order valence-corrected chi connectivity index (χ1v) is 11.0. The zero-order valence-corrected chi connectivity index (χ0v) is 19.8. The van der Waals surface area contributed by atoms with Crippen molar-refractivity contribution in [3.63, 3.8) is 0 Å². The monoisotopic (exact) mass is 521 g/mol. The molecule has 9 nitrogen and oxygen atoms in total. The Hall–Kier alpha value is -3.99. The van der Waals surface area contributed by atoms with Gasteiger partial charge in [0.15, 0.2) is 0 Å². The van der Waals surface area contributed by atoms with Crippen LogP contribution < -0.4 is 16.4 Å². The Morgan fingerprint density at radius 1 is 1.08 bits per heavy atom. The van der Waals surface area contributed by atoms with Gasteiger partial charge in [0, 0.05) is 27.5 Å². The first kappa shape index (κ1) is 26.6. The molecule has 36 heavy (non-hydrogen) atoms. The molecule has 0 spiro atoms. The molecule has 1 saturated carbocycles. The number of allylic oxidation sites excluding steroid dienone is 2. The van der Waals surface area contributed by atoms with Crippen molar-refractivity contribution >= 4 is 41.0 Å². The number of Topliss-reactive ketones (excluding diaryl/α,β-unsaturated/α-hetero) is 1. The van der Waals surface area contributed by atoms with Gasteiger partial charge in [0.25, 0.3) is 5.92 Å². The molecule has 3 unspecified atom stereocenters. The van der Waals surface area contributed by atoms with Crippen LogP contribution in [0.5, 0.6) is 0 Å². The third kappa shape index (κ3) is 5.62. The van der Waals surface area contributed by atoms with Gasteiger partial charge >= 0.3 is 12.1 Å². The van der Waals surface area contributed by atoms with Crippen LogP contribution in [-0.2, 0) is 14.3 Å². The number of nitrogens with one attached hydrogen (secondary N) is 2. The topological polar surface area (TPSA) is 148 Å². The first-order valence-electron chi connectivity index (χ1n) is 10.6. The molecule has 0 saturated heterocycles. The van der Waals surface area contributed by atoms with E-state index in [1.807, 2.05) is 0 Å². The molecular formula is C24H22ClF2N3O6. The Morgan fingerprint density at radius 3 is 2.22 bits per heavy atom. The number of carbonyl (C=O) groups is 4. The van der Waals surface area contributed by atoms with Crippen LogP contribution in [-0.4, -0.2) is 34.8 Å². The summed E-state index contributed by atoms with van der Waals surface area (Å²) in [5.74, 6) is -11.3. The fourth-order valence-electron chi connectivity index (χ4n) is 3.52. The summed E-state index contributed by atoms with van der Waals surface area (Å²) in [6.07, 6.45) is -1.67. The number of alkyl halides is 2. The lowest BCUT2D eigenvalue weighted by atomic mass is 10.1. The molecule has 1 fully saturated rings. The summed E-state index contributed by atoms with van der Waals surface area (Å²) in [4.78, 5) is 48.2. The number of ether oxygens (including phenoxy) is 1. The summed E-state index contributed by atoms with van der Waals surface area (Å²) in [5, 5.41) is 13.7. The lowest BCUT2D eigenvalue weighted by Crippen LogP contribution is -2.31. The third-order valence-electron chi connectivity index (χ3n) is 5.49. The maximum Gasteiger partial charge on any atom is 0.412 e. The minimum absolute atomic E-state index is 0.00426. The number of carbonyl (C=O) groups excluding carboxylic acids is 3. The summed E-state index contributed by atoms with van der Waals surface area (Å²) in [6, 6.07) is 11.9. The van der Waals surface area contributed by atoms with Gasteiger partial charge in [-0.1, -0.05) is 29.8 Å².